The van der Waals surface area contributed by atoms with Crippen molar-refractivity contribution in [2.24, 2.45) is 12.5 Å². The summed E-state index contributed by atoms with van der Waals surface area (Å²) in [6.45, 7) is 5.45. The second-order valence-corrected chi connectivity index (χ2v) is 7.81. The smallest absolute Gasteiger partial charge is 0.0815 e. The van der Waals surface area contributed by atoms with Gasteiger partial charge in [-0.15, -0.1) is 0 Å². The van der Waals surface area contributed by atoms with Gasteiger partial charge in [0.1, 0.15) is 0 Å². The quantitative estimate of drug-likeness (QED) is 0.796. The molecule has 4 heterocycles. The van der Waals surface area contributed by atoms with Crippen molar-refractivity contribution in [3.63, 3.8) is 0 Å². The third-order valence-corrected chi connectivity index (χ3v) is 5.66. The van der Waals surface area contributed by atoms with Crippen LogP contribution in [0.15, 0.2) is 36.9 Å². The van der Waals surface area contributed by atoms with Gasteiger partial charge in [0.2, 0.25) is 0 Å². The minimum atomic E-state index is 0.233. The largest absolute Gasteiger partial charge is 0.375 e. The number of pyridine rings is 1. The first kappa shape index (κ1) is 17.6. The monoisotopic (exact) mass is 356 g/mol. The number of hydrogen-bond acceptors (Lipinski definition) is 5. The summed E-state index contributed by atoms with van der Waals surface area (Å²) < 4.78 is 13.8. The number of hydrogen-bond donors (Lipinski definition) is 0. The first-order valence-electron chi connectivity index (χ1n) is 9.49. The minimum Gasteiger partial charge on any atom is -0.375 e. The normalized spacial score (nSPS) is 22.9. The molecule has 6 heteroatoms. The summed E-state index contributed by atoms with van der Waals surface area (Å²) in [4.78, 5) is 6.66. The number of ether oxygens (including phenoxy) is 2. The molecule has 0 aromatic carbocycles. The standard InChI is InChI=1S/C20H28N4O2/c1-23-12-18(11-22-23)13-24-7-4-20(5-8-24)9-19(26-16-20)15-25-14-17-3-2-6-21-10-17/h2-3,6,10-12,19H,4-5,7-9,13-16H2,1H3. The second-order valence-electron chi connectivity index (χ2n) is 7.81. The highest BCUT2D eigenvalue weighted by Crippen LogP contribution is 2.42. The maximum absolute atomic E-state index is 6.07. The molecule has 2 aliphatic heterocycles. The molecular weight excluding hydrogens is 328 g/mol. The lowest BCUT2D eigenvalue weighted by molar-refractivity contribution is 0.00628. The van der Waals surface area contributed by atoms with Crippen molar-refractivity contribution in [1.82, 2.24) is 19.7 Å². The van der Waals surface area contributed by atoms with Crippen LogP contribution in [0.4, 0.5) is 0 Å². The Kier molecular flexibility index (Phi) is 5.33. The topological polar surface area (TPSA) is 52.4 Å². The van der Waals surface area contributed by atoms with E-state index < -0.39 is 0 Å². The Labute approximate surface area is 155 Å². The average Bonchev–Trinajstić information content (AvgIpc) is 3.25. The summed E-state index contributed by atoms with van der Waals surface area (Å²) in [5.74, 6) is 0. The Balaban J connectivity index is 1.20. The minimum absolute atomic E-state index is 0.233. The number of aryl methyl sites for hydroxylation is 1. The summed E-state index contributed by atoms with van der Waals surface area (Å²) in [6.07, 6.45) is 11.5. The van der Waals surface area contributed by atoms with Gasteiger partial charge in [0.25, 0.3) is 0 Å². The fourth-order valence-electron chi connectivity index (χ4n) is 4.14. The summed E-state index contributed by atoms with van der Waals surface area (Å²) in [7, 11) is 1.97. The van der Waals surface area contributed by atoms with E-state index in [0.717, 1.165) is 38.2 Å². The lowest BCUT2D eigenvalue weighted by atomic mass is 9.76. The first-order chi connectivity index (χ1) is 12.7. The zero-order chi connectivity index (χ0) is 17.8. The number of rotatable bonds is 6. The fourth-order valence-corrected chi connectivity index (χ4v) is 4.14. The molecular formula is C20H28N4O2. The predicted molar refractivity (Wildman–Crippen MR) is 98.4 cm³/mol. The van der Waals surface area contributed by atoms with E-state index in [1.165, 1.54) is 18.4 Å². The van der Waals surface area contributed by atoms with Crippen LogP contribution in [0.5, 0.6) is 0 Å². The van der Waals surface area contributed by atoms with Crippen molar-refractivity contribution in [2.75, 3.05) is 26.3 Å². The Bertz CT molecular complexity index is 695. The van der Waals surface area contributed by atoms with Gasteiger partial charge in [-0.3, -0.25) is 14.6 Å². The average molecular weight is 356 g/mol. The molecule has 2 aromatic heterocycles. The lowest BCUT2D eigenvalue weighted by Crippen LogP contribution is -2.40. The van der Waals surface area contributed by atoms with Crippen molar-refractivity contribution < 1.29 is 9.47 Å². The van der Waals surface area contributed by atoms with Gasteiger partial charge >= 0.3 is 0 Å². The van der Waals surface area contributed by atoms with Crippen LogP contribution in [0.2, 0.25) is 0 Å². The molecule has 0 N–H and O–H groups in total. The molecule has 2 saturated heterocycles. The van der Waals surface area contributed by atoms with Crippen molar-refractivity contribution in [2.45, 2.75) is 38.5 Å². The highest BCUT2D eigenvalue weighted by Gasteiger charge is 2.42. The van der Waals surface area contributed by atoms with Crippen LogP contribution in [0.25, 0.3) is 0 Å². The van der Waals surface area contributed by atoms with Gasteiger partial charge in [-0.05, 0) is 49.4 Å². The van der Waals surface area contributed by atoms with Gasteiger partial charge < -0.3 is 9.47 Å². The summed E-state index contributed by atoms with van der Waals surface area (Å²) in [5, 5.41) is 4.27. The number of likely N-dealkylation sites (tertiary alicyclic amines) is 1. The van der Waals surface area contributed by atoms with E-state index >= 15 is 0 Å². The van der Waals surface area contributed by atoms with Gasteiger partial charge in [-0.25, -0.2) is 0 Å². The van der Waals surface area contributed by atoms with E-state index in [9.17, 15) is 0 Å². The van der Waals surface area contributed by atoms with Gasteiger partial charge in [0.15, 0.2) is 0 Å². The van der Waals surface area contributed by atoms with E-state index in [2.05, 4.69) is 21.2 Å². The van der Waals surface area contributed by atoms with E-state index in [1.54, 1.807) is 6.20 Å². The van der Waals surface area contributed by atoms with E-state index in [0.29, 0.717) is 18.6 Å². The van der Waals surface area contributed by atoms with Gasteiger partial charge in [0.05, 0.1) is 32.1 Å². The van der Waals surface area contributed by atoms with Crippen LogP contribution in [0.1, 0.15) is 30.4 Å². The van der Waals surface area contributed by atoms with E-state index in [4.69, 9.17) is 9.47 Å². The fraction of sp³-hybridized carbons (Fsp3) is 0.600. The summed E-state index contributed by atoms with van der Waals surface area (Å²) in [5.41, 5.74) is 2.77. The third kappa shape index (κ3) is 4.31. The molecule has 0 radical (unpaired) electrons. The molecule has 0 saturated carbocycles. The van der Waals surface area contributed by atoms with Crippen LogP contribution >= 0.6 is 0 Å². The van der Waals surface area contributed by atoms with Crippen molar-refractivity contribution in [3.8, 4) is 0 Å². The molecule has 0 amide bonds. The maximum Gasteiger partial charge on any atom is 0.0815 e. The summed E-state index contributed by atoms with van der Waals surface area (Å²) >= 11 is 0. The Hall–Kier alpha value is -1.76. The zero-order valence-corrected chi connectivity index (χ0v) is 15.5. The first-order valence-corrected chi connectivity index (χ1v) is 9.49. The lowest BCUT2D eigenvalue weighted by Gasteiger charge is -2.38. The molecule has 140 valence electrons. The molecule has 26 heavy (non-hydrogen) atoms. The molecule has 4 rings (SSSR count). The third-order valence-electron chi connectivity index (χ3n) is 5.66. The Morgan fingerprint density at radius 2 is 2.15 bits per heavy atom. The van der Waals surface area contributed by atoms with Crippen LogP contribution < -0.4 is 0 Å². The molecule has 2 fully saturated rings. The van der Waals surface area contributed by atoms with Crippen LogP contribution in [-0.4, -0.2) is 52.1 Å². The van der Waals surface area contributed by atoms with Crippen molar-refractivity contribution in [3.05, 3.63) is 48.0 Å². The van der Waals surface area contributed by atoms with Crippen molar-refractivity contribution in [1.29, 1.82) is 0 Å². The molecule has 2 aromatic rings. The highest BCUT2D eigenvalue weighted by atomic mass is 16.5. The Morgan fingerprint density at radius 3 is 2.88 bits per heavy atom. The van der Waals surface area contributed by atoms with Gasteiger partial charge in [-0.2, -0.15) is 5.10 Å². The maximum atomic E-state index is 6.07. The molecule has 2 aliphatic rings. The molecule has 1 spiro atoms. The highest BCUT2D eigenvalue weighted by molar-refractivity contribution is 5.07. The molecule has 0 aliphatic carbocycles. The number of piperidine rings is 1. The van der Waals surface area contributed by atoms with Crippen molar-refractivity contribution >= 4 is 0 Å². The molecule has 1 unspecified atom stereocenters. The van der Waals surface area contributed by atoms with E-state index in [-0.39, 0.29) is 6.10 Å². The molecule has 6 nitrogen and oxygen atoms in total. The zero-order valence-electron chi connectivity index (χ0n) is 15.5. The summed E-state index contributed by atoms with van der Waals surface area (Å²) in [6, 6.07) is 3.99. The van der Waals surface area contributed by atoms with Crippen LogP contribution in [-0.2, 0) is 29.7 Å². The van der Waals surface area contributed by atoms with Gasteiger partial charge in [0, 0.05) is 37.7 Å². The van der Waals surface area contributed by atoms with E-state index in [1.807, 2.05) is 36.3 Å². The number of aromatic nitrogens is 3. The molecule has 0 bridgehead atoms. The Morgan fingerprint density at radius 1 is 1.27 bits per heavy atom. The van der Waals surface area contributed by atoms with Crippen LogP contribution in [0, 0.1) is 5.41 Å². The van der Waals surface area contributed by atoms with Gasteiger partial charge in [-0.1, -0.05) is 6.07 Å². The molecule has 1 atom stereocenters. The number of nitrogens with zero attached hydrogens (tertiary/aromatic N) is 4. The predicted octanol–water partition coefficient (Wildman–Crippen LogP) is 2.40. The van der Waals surface area contributed by atoms with Crippen LogP contribution in [0.3, 0.4) is 0 Å². The SMILES string of the molecule is Cn1cc(CN2CCC3(CC2)COC(COCc2cccnc2)C3)cn1. The second kappa shape index (κ2) is 7.86.